The number of carbonyl (C=O) groups excluding carboxylic acids is 2. The largest absolute Gasteiger partial charge is 0.467 e. The van der Waals surface area contributed by atoms with Crippen molar-refractivity contribution in [3.63, 3.8) is 0 Å². The molecule has 0 aliphatic heterocycles. The van der Waals surface area contributed by atoms with Crippen molar-refractivity contribution in [2.24, 2.45) is 5.92 Å². The van der Waals surface area contributed by atoms with E-state index in [0.29, 0.717) is 6.42 Å². The first-order valence-corrected chi connectivity index (χ1v) is 6.86. The van der Waals surface area contributed by atoms with E-state index in [1.807, 2.05) is 24.3 Å². The van der Waals surface area contributed by atoms with Crippen molar-refractivity contribution in [3.8, 4) is 0 Å². The van der Waals surface area contributed by atoms with Crippen molar-refractivity contribution < 1.29 is 14.3 Å². The van der Waals surface area contributed by atoms with Crippen molar-refractivity contribution in [1.82, 2.24) is 5.32 Å². The Labute approximate surface area is 121 Å². The Morgan fingerprint density at radius 2 is 1.95 bits per heavy atom. The van der Waals surface area contributed by atoms with Crippen molar-refractivity contribution in [2.45, 2.75) is 26.3 Å². The van der Waals surface area contributed by atoms with Crippen molar-refractivity contribution in [1.29, 1.82) is 0 Å². The number of halogens is 1. The lowest BCUT2D eigenvalue weighted by atomic mass is 10.1. The molecule has 0 saturated carbocycles. The van der Waals surface area contributed by atoms with Gasteiger partial charge in [-0.1, -0.05) is 48.0 Å². The molecule has 0 saturated heterocycles. The summed E-state index contributed by atoms with van der Waals surface area (Å²) in [6.07, 6.45) is 0.395. The van der Waals surface area contributed by atoms with Gasteiger partial charge in [0.2, 0.25) is 5.91 Å². The molecule has 1 rings (SSSR count). The van der Waals surface area contributed by atoms with Gasteiger partial charge in [0.05, 0.1) is 7.11 Å². The number of hydrogen-bond acceptors (Lipinski definition) is 3. The highest BCUT2D eigenvalue weighted by Gasteiger charge is 2.23. The van der Waals surface area contributed by atoms with Crippen LogP contribution in [0.5, 0.6) is 0 Å². The molecule has 0 aliphatic rings. The number of nitrogens with one attached hydrogen (secondary N) is 1. The first-order valence-electron chi connectivity index (χ1n) is 6.07. The molecule has 1 aromatic rings. The second-order valence-corrected chi connectivity index (χ2v) is 5.39. The number of rotatable bonds is 5. The number of carbonyl (C=O) groups is 2. The molecule has 1 atom stereocenters. The van der Waals surface area contributed by atoms with Crippen LogP contribution in [0.25, 0.3) is 0 Å². The summed E-state index contributed by atoms with van der Waals surface area (Å²) in [4.78, 5) is 23.5. The Balaban J connectivity index is 2.84. The van der Waals surface area contributed by atoms with Gasteiger partial charge < -0.3 is 10.1 Å². The van der Waals surface area contributed by atoms with E-state index < -0.39 is 12.0 Å². The Hall–Kier alpha value is -1.36. The zero-order chi connectivity index (χ0) is 14.4. The van der Waals surface area contributed by atoms with Crippen molar-refractivity contribution >= 4 is 27.8 Å². The number of amides is 1. The van der Waals surface area contributed by atoms with Crippen LogP contribution in [0, 0.1) is 5.92 Å². The monoisotopic (exact) mass is 327 g/mol. The molecule has 0 aromatic heterocycles. The summed E-state index contributed by atoms with van der Waals surface area (Å²) >= 11 is 3.43. The lowest BCUT2D eigenvalue weighted by molar-refractivity contribution is -0.145. The van der Waals surface area contributed by atoms with Crippen LogP contribution in [0.1, 0.15) is 19.4 Å². The summed E-state index contributed by atoms with van der Waals surface area (Å²) in [5.41, 5.74) is 0.946. The first kappa shape index (κ1) is 15.7. The summed E-state index contributed by atoms with van der Waals surface area (Å²) in [7, 11) is 1.32. The number of methoxy groups -OCH3 is 1. The molecular formula is C14H18BrNO3. The van der Waals surface area contributed by atoms with E-state index >= 15 is 0 Å². The van der Waals surface area contributed by atoms with E-state index in [-0.39, 0.29) is 11.8 Å². The highest BCUT2D eigenvalue weighted by molar-refractivity contribution is 9.10. The molecule has 0 fully saturated rings. The lowest BCUT2D eigenvalue weighted by Gasteiger charge is -2.18. The van der Waals surface area contributed by atoms with E-state index in [0.717, 1.165) is 10.0 Å². The fourth-order valence-electron chi connectivity index (χ4n) is 1.56. The van der Waals surface area contributed by atoms with Gasteiger partial charge in [-0.15, -0.1) is 0 Å². The molecule has 0 bridgehead atoms. The second kappa shape index (κ2) is 7.28. The van der Waals surface area contributed by atoms with Crippen LogP contribution < -0.4 is 5.32 Å². The second-order valence-electron chi connectivity index (χ2n) is 4.53. The van der Waals surface area contributed by atoms with Gasteiger partial charge >= 0.3 is 5.97 Å². The summed E-state index contributed by atoms with van der Waals surface area (Å²) in [6, 6.07) is 6.92. The Morgan fingerprint density at radius 1 is 1.32 bits per heavy atom. The van der Waals surface area contributed by atoms with Gasteiger partial charge in [0.15, 0.2) is 0 Å². The highest BCUT2D eigenvalue weighted by atomic mass is 79.9. The first-order chi connectivity index (χ1) is 8.95. The van der Waals surface area contributed by atoms with Crippen LogP contribution in [0.3, 0.4) is 0 Å². The molecule has 0 radical (unpaired) electrons. The van der Waals surface area contributed by atoms with Gasteiger partial charge in [-0.3, -0.25) is 4.79 Å². The summed E-state index contributed by atoms with van der Waals surface area (Å²) < 4.78 is 5.64. The molecule has 104 valence electrons. The third-order valence-corrected chi connectivity index (χ3v) is 3.48. The number of benzene rings is 1. The normalized spacial score (nSPS) is 12.1. The predicted octanol–water partition coefficient (Wildman–Crippen LogP) is 2.31. The minimum Gasteiger partial charge on any atom is -0.467 e. The lowest BCUT2D eigenvalue weighted by Crippen LogP contribution is -2.44. The Morgan fingerprint density at radius 3 is 2.47 bits per heavy atom. The molecular weight excluding hydrogens is 310 g/mol. The molecule has 5 heteroatoms. The van der Waals surface area contributed by atoms with Crippen LogP contribution in [0.15, 0.2) is 28.7 Å². The molecule has 0 spiro atoms. The van der Waals surface area contributed by atoms with Crippen LogP contribution in [-0.2, 0) is 20.7 Å². The molecule has 1 aromatic carbocycles. The zero-order valence-electron chi connectivity index (χ0n) is 11.3. The summed E-state index contributed by atoms with van der Waals surface area (Å²) in [5.74, 6) is -0.779. The topological polar surface area (TPSA) is 55.4 Å². The maximum absolute atomic E-state index is 11.7. The van der Waals surface area contributed by atoms with Gasteiger partial charge in [-0.25, -0.2) is 4.79 Å². The van der Waals surface area contributed by atoms with Crippen LogP contribution >= 0.6 is 15.9 Å². The minimum atomic E-state index is -0.668. The highest BCUT2D eigenvalue weighted by Crippen LogP contribution is 2.18. The maximum atomic E-state index is 11.7. The third-order valence-electron chi connectivity index (χ3n) is 2.71. The number of esters is 1. The number of ether oxygens (including phenoxy) is 1. The maximum Gasteiger partial charge on any atom is 0.328 e. The SMILES string of the molecule is COC(=O)[C@@H](Cc1ccccc1Br)NC(=O)C(C)C. The Kier molecular flexibility index (Phi) is 6.02. The van der Waals surface area contributed by atoms with Crippen LogP contribution in [0.2, 0.25) is 0 Å². The molecule has 1 N–H and O–H groups in total. The van der Waals surface area contributed by atoms with E-state index in [9.17, 15) is 9.59 Å². The third kappa shape index (κ3) is 4.67. The average molecular weight is 328 g/mol. The smallest absolute Gasteiger partial charge is 0.328 e. The van der Waals surface area contributed by atoms with Gasteiger partial charge in [0.1, 0.15) is 6.04 Å². The van der Waals surface area contributed by atoms with Crippen molar-refractivity contribution in [3.05, 3.63) is 34.3 Å². The molecule has 0 heterocycles. The molecule has 1 amide bonds. The standard InChI is InChI=1S/C14H18BrNO3/c1-9(2)13(17)16-12(14(18)19-3)8-10-6-4-5-7-11(10)15/h4-7,9,12H,8H2,1-3H3,(H,16,17)/t12-/m1/s1. The Bertz CT molecular complexity index is 460. The van der Waals surface area contributed by atoms with Gasteiger partial charge in [0, 0.05) is 16.8 Å². The van der Waals surface area contributed by atoms with E-state index in [1.54, 1.807) is 13.8 Å². The molecule has 0 aliphatic carbocycles. The van der Waals surface area contributed by atoms with Crippen LogP contribution in [0.4, 0.5) is 0 Å². The quantitative estimate of drug-likeness (QED) is 0.844. The zero-order valence-corrected chi connectivity index (χ0v) is 12.9. The van der Waals surface area contributed by atoms with Gasteiger partial charge in [-0.05, 0) is 11.6 Å². The van der Waals surface area contributed by atoms with E-state index in [1.165, 1.54) is 7.11 Å². The van der Waals surface area contributed by atoms with Crippen LogP contribution in [-0.4, -0.2) is 25.0 Å². The molecule has 19 heavy (non-hydrogen) atoms. The van der Waals surface area contributed by atoms with Gasteiger partial charge in [0.25, 0.3) is 0 Å². The predicted molar refractivity (Wildman–Crippen MR) is 76.6 cm³/mol. The minimum absolute atomic E-state index is 0.164. The average Bonchev–Trinajstić information content (AvgIpc) is 2.39. The van der Waals surface area contributed by atoms with Crippen molar-refractivity contribution in [2.75, 3.05) is 7.11 Å². The summed E-state index contributed by atoms with van der Waals surface area (Å²) in [5, 5.41) is 2.71. The van der Waals surface area contributed by atoms with Gasteiger partial charge in [-0.2, -0.15) is 0 Å². The summed E-state index contributed by atoms with van der Waals surface area (Å²) in [6.45, 7) is 3.56. The molecule has 0 unspecified atom stereocenters. The fourth-order valence-corrected chi connectivity index (χ4v) is 2.00. The van der Waals surface area contributed by atoms with E-state index in [2.05, 4.69) is 21.2 Å². The fraction of sp³-hybridized carbons (Fsp3) is 0.429. The molecule has 4 nitrogen and oxygen atoms in total. The van der Waals surface area contributed by atoms with E-state index in [4.69, 9.17) is 4.74 Å². The number of hydrogen-bond donors (Lipinski definition) is 1.